The second-order valence-corrected chi connectivity index (χ2v) is 7.56. The summed E-state index contributed by atoms with van der Waals surface area (Å²) in [6.07, 6.45) is 1.45. The van der Waals surface area contributed by atoms with E-state index < -0.39 is 0 Å². The standard InChI is InChI=1S/C14H14OS3/c1-2-9-3-4-10(17-9)7-11(15)13-8-14-12(18-13)5-6-16-14/h3-6,8,11,15H,2,7H2,1H3. The van der Waals surface area contributed by atoms with E-state index in [0.29, 0.717) is 0 Å². The Balaban J connectivity index is 1.77. The number of aryl methyl sites for hydroxylation is 1. The van der Waals surface area contributed by atoms with Gasteiger partial charge in [0.15, 0.2) is 0 Å². The van der Waals surface area contributed by atoms with Gasteiger partial charge >= 0.3 is 0 Å². The van der Waals surface area contributed by atoms with Gasteiger partial charge in [-0.1, -0.05) is 6.92 Å². The molecular weight excluding hydrogens is 280 g/mol. The Hall–Kier alpha value is -0.680. The lowest BCUT2D eigenvalue weighted by Gasteiger charge is -2.05. The van der Waals surface area contributed by atoms with Crippen LogP contribution in [0.5, 0.6) is 0 Å². The van der Waals surface area contributed by atoms with E-state index in [4.69, 9.17) is 0 Å². The molecule has 0 aliphatic rings. The van der Waals surface area contributed by atoms with Crippen molar-refractivity contribution in [2.24, 2.45) is 0 Å². The Kier molecular flexibility index (Phi) is 3.52. The summed E-state index contributed by atoms with van der Waals surface area (Å²) in [6.45, 7) is 2.17. The topological polar surface area (TPSA) is 20.2 Å². The summed E-state index contributed by atoms with van der Waals surface area (Å²) in [5.74, 6) is 0. The van der Waals surface area contributed by atoms with E-state index in [1.807, 2.05) is 11.3 Å². The number of thiophene rings is 3. The van der Waals surface area contributed by atoms with Crippen LogP contribution in [-0.4, -0.2) is 5.11 Å². The maximum absolute atomic E-state index is 10.3. The van der Waals surface area contributed by atoms with Crippen molar-refractivity contribution in [1.29, 1.82) is 0 Å². The van der Waals surface area contributed by atoms with Crippen LogP contribution in [-0.2, 0) is 12.8 Å². The molecule has 0 aliphatic carbocycles. The van der Waals surface area contributed by atoms with Gasteiger partial charge in [-0.2, -0.15) is 0 Å². The average Bonchev–Trinajstić information content (AvgIpc) is 3.02. The Bertz CT molecular complexity index is 618. The van der Waals surface area contributed by atoms with Crippen molar-refractivity contribution >= 4 is 43.4 Å². The quantitative estimate of drug-likeness (QED) is 0.728. The van der Waals surface area contributed by atoms with Crippen LogP contribution in [0, 0.1) is 0 Å². The molecule has 0 saturated carbocycles. The normalized spacial score (nSPS) is 13.2. The van der Waals surface area contributed by atoms with Crippen molar-refractivity contribution in [1.82, 2.24) is 0 Å². The lowest BCUT2D eigenvalue weighted by Crippen LogP contribution is -1.97. The highest BCUT2D eigenvalue weighted by molar-refractivity contribution is 7.26. The maximum atomic E-state index is 10.3. The number of rotatable bonds is 4. The van der Waals surface area contributed by atoms with Gasteiger partial charge in [0.05, 0.1) is 6.10 Å². The molecule has 3 rings (SSSR count). The van der Waals surface area contributed by atoms with Gasteiger partial charge in [-0.15, -0.1) is 34.0 Å². The fourth-order valence-electron chi connectivity index (χ4n) is 1.96. The number of hydrogen-bond donors (Lipinski definition) is 1. The van der Waals surface area contributed by atoms with Crippen molar-refractivity contribution in [3.63, 3.8) is 0 Å². The molecule has 0 saturated heterocycles. The third-order valence-corrected chi connectivity index (χ3v) is 6.39. The molecule has 18 heavy (non-hydrogen) atoms. The molecule has 94 valence electrons. The van der Waals surface area contributed by atoms with Crippen LogP contribution in [0.25, 0.3) is 9.40 Å². The molecule has 1 unspecified atom stereocenters. The average molecular weight is 294 g/mol. The van der Waals surface area contributed by atoms with Crippen LogP contribution in [0.2, 0.25) is 0 Å². The van der Waals surface area contributed by atoms with Gasteiger partial charge in [-0.3, -0.25) is 0 Å². The summed E-state index contributed by atoms with van der Waals surface area (Å²) in [5.41, 5.74) is 0. The van der Waals surface area contributed by atoms with Gasteiger partial charge < -0.3 is 5.11 Å². The summed E-state index contributed by atoms with van der Waals surface area (Å²) in [4.78, 5) is 3.75. The second kappa shape index (κ2) is 5.13. The van der Waals surface area contributed by atoms with E-state index in [1.54, 1.807) is 22.7 Å². The number of hydrogen-bond acceptors (Lipinski definition) is 4. The van der Waals surface area contributed by atoms with Gasteiger partial charge in [0.25, 0.3) is 0 Å². The number of aliphatic hydroxyl groups is 1. The largest absolute Gasteiger partial charge is 0.387 e. The first kappa shape index (κ1) is 12.4. The summed E-state index contributed by atoms with van der Waals surface area (Å²) < 4.78 is 2.57. The van der Waals surface area contributed by atoms with E-state index >= 15 is 0 Å². The van der Waals surface area contributed by atoms with Crippen LogP contribution >= 0.6 is 34.0 Å². The van der Waals surface area contributed by atoms with Gasteiger partial charge in [-0.05, 0) is 36.1 Å². The highest BCUT2D eigenvalue weighted by atomic mass is 32.1. The van der Waals surface area contributed by atoms with Crippen molar-refractivity contribution in [3.05, 3.63) is 44.3 Å². The number of fused-ring (bicyclic) bond motifs is 1. The highest BCUT2D eigenvalue weighted by Gasteiger charge is 2.13. The Morgan fingerprint density at radius 2 is 1.94 bits per heavy atom. The van der Waals surface area contributed by atoms with Crippen molar-refractivity contribution in [3.8, 4) is 0 Å². The highest BCUT2D eigenvalue weighted by Crippen LogP contribution is 2.35. The molecule has 3 aromatic rings. The Labute approximate surface area is 118 Å². The van der Waals surface area contributed by atoms with Gasteiger partial charge in [0.2, 0.25) is 0 Å². The molecule has 0 amide bonds. The second-order valence-electron chi connectivity index (χ2n) is 4.24. The SMILES string of the molecule is CCc1ccc(CC(O)c2cc3sccc3s2)s1. The molecular formula is C14H14OS3. The van der Waals surface area contributed by atoms with E-state index in [-0.39, 0.29) is 6.10 Å². The molecule has 0 radical (unpaired) electrons. The fraction of sp³-hybridized carbons (Fsp3) is 0.286. The van der Waals surface area contributed by atoms with Gasteiger partial charge in [-0.25, -0.2) is 0 Å². The third-order valence-electron chi connectivity index (χ3n) is 2.95. The van der Waals surface area contributed by atoms with E-state index in [2.05, 4.69) is 36.6 Å². The summed E-state index contributed by atoms with van der Waals surface area (Å²) in [6, 6.07) is 8.56. The number of aliphatic hydroxyl groups excluding tert-OH is 1. The third kappa shape index (κ3) is 2.38. The predicted octanol–water partition coefficient (Wildman–Crippen LogP) is 4.86. The van der Waals surface area contributed by atoms with Gasteiger partial charge in [0, 0.05) is 30.5 Å². The Morgan fingerprint density at radius 3 is 2.67 bits per heavy atom. The minimum absolute atomic E-state index is 0.363. The molecule has 3 aromatic heterocycles. The molecule has 1 nitrogen and oxygen atoms in total. The summed E-state index contributed by atoms with van der Waals surface area (Å²) in [5, 5.41) is 12.4. The maximum Gasteiger partial charge on any atom is 0.0930 e. The van der Waals surface area contributed by atoms with Crippen molar-refractivity contribution < 1.29 is 5.11 Å². The minimum Gasteiger partial charge on any atom is -0.387 e. The molecule has 1 atom stereocenters. The van der Waals surface area contributed by atoms with Crippen LogP contribution in [0.15, 0.2) is 29.6 Å². The summed E-state index contributed by atoms with van der Waals surface area (Å²) >= 11 is 5.26. The molecule has 0 aromatic carbocycles. The molecule has 0 aliphatic heterocycles. The van der Waals surface area contributed by atoms with Crippen molar-refractivity contribution in [2.45, 2.75) is 25.9 Å². The van der Waals surface area contributed by atoms with E-state index in [0.717, 1.165) is 17.7 Å². The zero-order valence-electron chi connectivity index (χ0n) is 10.1. The first-order chi connectivity index (χ1) is 8.76. The lowest BCUT2D eigenvalue weighted by atomic mass is 10.2. The van der Waals surface area contributed by atoms with Crippen LogP contribution in [0.3, 0.4) is 0 Å². The smallest absolute Gasteiger partial charge is 0.0930 e. The zero-order valence-corrected chi connectivity index (χ0v) is 12.5. The fourth-order valence-corrected chi connectivity index (χ4v) is 5.06. The predicted molar refractivity (Wildman–Crippen MR) is 82.1 cm³/mol. The molecule has 3 heterocycles. The molecule has 0 spiro atoms. The molecule has 0 fully saturated rings. The Morgan fingerprint density at radius 1 is 1.11 bits per heavy atom. The summed E-state index contributed by atoms with van der Waals surface area (Å²) in [7, 11) is 0. The molecule has 4 heteroatoms. The molecule has 1 N–H and O–H groups in total. The van der Waals surface area contributed by atoms with Gasteiger partial charge in [0.1, 0.15) is 0 Å². The lowest BCUT2D eigenvalue weighted by molar-refractivity contribution is 0.183. The van der Waals surface area contributed by atoms with Crippen LogP contribution in [0.4, 0.5) is 0 Å². The monoisotopic (exact) mass is 294 g/mol. The minimum atomic E-state index is -0.363. The van der Waals surface area contributed by atoms with Crippen molar-refractivity contribution in [2.75, 3.05) is 0 Å². The van der Waals surface area contributed by atoms with Crippen LogP contribution < -0.4 is 0 Å². The van der Waals surface area contributed by atoms with E-state index in [1.165, 1.54) is 19.2 Å². The van der Waals surface area contributed by atoms with Crippen LogP contribution in [0.1, 0.15) is 27.7 Å². The molecule has 0 bridgehead atoms. The first-order valence-corrected chi connectivity index (χ1v) is 8.50. The first-order valence-electron chi connectivity index (χ1n) is 5.99. The van der Waals surface area contributed by atoms with E-state index in [9.17, 15) is 5.11 Å². The zero-order chi connectivity index (χ0) is 12.5.